The lowest BCUT2D eigenvalue weighted by Crippen LogP contribution is -2.21. The van der Waals surface area contributed by atoms with Crippen LogP contribution in [0.3, 0.4) is 0 Å². The molecule has 0 fully saturated rings. The summed E-state index contributed by atoms with van der Waals surface area (Å²) < 4.78 is 0. The van der Waals surface area contributed by atoms with E-state index < -0.39 is 0 Å². The molecule has 0 heterocycles. The molecular weight excluding hydrogens is 172 g/mol. The maximum Gasteiger partial charge on any atom is 0.164 e. The molecule has 0 spiro atoms. The topological polar surface area (TPSA) is 17.1 Å². The number of hydrogen-bond donors (Lipinski definition) is 0. The van der Waals surface area contributed by atoms with Crippen LogP contribution in [0.5, 0.6) is 0 Å². The molecule has 0 N–H and O–H groups in total. The van der Waals surface area contributed by atoms with Crippen LogP contribution in [0.15, 0.2) is 36.5 Å². The van der Waals surface area contributed by atoms with Gasteiger partial charge in [0.25, 0.3) is 0 Å². The predicted molar refractivity (Wildman–Crippen MR) is 51.2 cm³/mol. The maximum atomic E-state index is 11.3. The molecule has 0 aromatic rings. The molecule has 0 saturated carbocycles. The second-order valence-corrected chi connectivity index (χ2v) is 3.36. The zero-order chi connectivity index (χ0) is 9.14. The number of rotatable bonds is 2. The van der Waals surface area contributed by atoms with Crippen LogP contribution in [0.4, 0.5) is 0 Å². The Morgan fingerprint density at radius 3 is 2.92 bits per heavy atom. The number of carbonyl (C=O) groups is 1. The zero-order valence-electron chi connectivity index (χ0n) is 6.96. The van der Waals surface area contributed by atoms with Gasteiger partial charge in [0.05, 0.1) is 11.3 Å². The second kappa shape index (κ2) is 3.72. The van der Waals surface area contributed by atoms with Gasteiger partial charge in [0.2, 0.25) is 0 Å². The van der Waals surface area contributed by atoms with E-state index in [4.69, 9.17) is 11.6 Å². The lowest BCUT2D eigenvalue weighted by atomic mass is 9.92. The van der Waals surface area contributed by atoms with Gasteiger partial charge in [-0.05, 0) is 13.0 Å². The lowest BCUT2D eigenvalue weighted by Gasteiger charge is -2.16. The van der Waals surface area contributed by atoms with Crippen molar-refractivity contribution in [1.82, 2.24) is 0 Å². The number of ketones is 1. The van der Waals surface area contributed by atoms with Crippen molar-refractivity contribution in [2.75, 3.05) is 0 Å². The normalized spacial score (nSPS) is 25.0. The molecule has 64 valence electrons. The Balaban J connectivity index is 2.84. The molecule has 2 atom stereocenters. The van der Waals surface area contributed by atoms with Crippen molar-refractivity contribution in [2.24, 2.45) is 5.92 Å². The molecule has 1 aliphatic carbocycles. The van der Waals surface area contributed by atoms with Crippen LogP contribution >= 0.6 is 11.6 Å². The minimum Gasteiger partial charge on any atom is -0.294 e. The largest absolute Gasteiger partial charge is 0.294 e. The van der Waals surface area contributed by atoms with Crippen molar-refractivity contribution in [2.45, 2.75) is 12.3 Å². The number of alkyl halides is 1. The highest BCUT2D eigenvalue weighted by Crippen LogP contribution is 2.21. The van der Waals surface area contributed by atoms with Gasteiger partial charge < -0.3 is 0 Å². The molecule has 2 heteroatoms. The van der Waals surface area contributed by atoms with Gasteiger partial charge in [0.15, 0.2) is 5.78 Å². The van der Waals surface area contributed by atoms with Crippen molar-refractivity contribution in [1.29, 1.82) is 0 Å². The van der Waals surface area contributed by atoms with Gasteiger partial charge >= 0.3 is 0 Å². The summed E-state index contributed by atoms with van der Waals surface area (Å²) in [6.45, 7) is 5.50. The average Bonchev–Trinajstić information content (AvgIpc) is 2.08. The lowest BCUT2D eigenvalue weighted by molar-refractivity contribution is -0.116. The van der Waals surface area contributed by atoms with Crippen molar-refractivity contribution < 1.29 is 4.79 Å². The standard InChI is InChI=1S/C10H11ClO/c1-3-9(11)8-6-7(2)4-5-10(8)12/h3-6,8-9H,1H2,2H3. The summed E-state index contributed by atoms with van der Waals surface area (Å²) in [4.78, 5) is 11.3. The van der Waals surface area contributed by atoms with E-state index in [-0.39, 0.29) is 17.1 Å². The summed E-state index contributed by atoms with van der Waals surface area (Å²) in [5.41, 5.74) is 1.08. The first-order valence-electron chi connectivity index (χ1n) is 3.82. The highest BCUT2D eigenvalue weighted by Gasteiger charge is 2.22. The van der Waals surface area contributed by atoms with E-state index in [1.54, 1.807) is 18.2 Å². The van der Waals surface area contributed by atoms with Crippen molar-refractivity contribution in [3.8, 4) is 0 Å². The smallest absolute Gasteiger partial charge is 0.164 e. The minimum absolute atomic E-state index is 0.0560. The Morgan fingerprint density at radius 1 is 1.67 bits per heavy atom. The van der Waals surface area contributed by atoms with Crippen molar-refractivity contribution >= 4 is 17.4 Å². The molecule has 0 amide bonds. The molecule has 1 rings (SSSR count). The van der Waals surface area contributed by atoms with Crippen LogP contribution in [0.1, 0.15) is 6.92 Å². The monoisotopic (exact) mass is 182 g/mol. The maximum absolute atomic E-state index is 11.3. The summed E-state index contributed by atoms with van der Waals surface area (Å²) >= 11 is 5.89. The first kappa shape index (κ1) is 9.27. The fraction of sp³-hybridized carbons (Fsp3) is 0.300. The van der Waals surface area contributed by atoms with Crippen LogP contribution in [-0.2, 0) is 4.79 Å². The van der Waals surface area contributed by atoms with Gasteiger partial charge in [-0.3, -0.25) is 4.79 Å². The third kappa shape index (κ3) is 1.86. The van der Waals surface area contributed by atoms with E-state index >= 15 is 0 Å². The Morgan fingerprint density at radius 2 is 2.33 bits per heavy atom. The van der Waals surface area contributed by atoms with E-state index in [0.29, 0.717) is 0 Å². The molecule has 0 aromatic carbocycles. The molecule has 2 unspecified atom stereocenters. The molecule has 0 saturated heterocycles. The summed E-state index contributed by atoms with van der Waals surface area (Å²) in [6, 6.07) is 0. The Kier molecular flexibility index (Phi) is 2.88. The third-order valence-electron chi connectivity index (χ3n) is 1.85. The highest BCUT2D eigenvalue weighted by molar-refractivity contribution is 6.24. The minimum atomic E-state index is -0.294. The Labute approximate surface area is 77.4 Å². The summed E-state index contributed by atoms with van der Waals surface area (Å²) in [6.07, 6.45) is 6.83. The predicted octanol–water partition coefficient (Wildman–Crippen LogP) is 2.48. The molecule has 12 heavy (non-hydrogen) atoms. The average molecular weight is 183 g/mol. The van der Waals surface area contributed by atoms with Crippen molar-refractivity contribution in [3.63, 3.8) is 0 Å². The molecule has 0 aliphatic heterocycles. The van der Waals surface area contributed by atoms with Gasteiger partial charge in [-0.1, -0.05) is 23.8 Å². The molecule has 0 aromatic heterocycles. The van der Waals surface area contributed by atoms with E-state index in [1.807, 2.05) is 13.0 Å². The van der Waals surface area contributed by atoms with E-state index in [9.17, 15) is 4.79 Å². The summed E-state index contributed by atoms with van der Waals surface area (Å²) in [5, 5.41) is -0.294. The molecule has 1 aliphatic rings. The first-order chi connectivity index (χ1) is 5.65. The summed E-state index contributed by atoms with van der Waals surface area (Å²) in [7, 11) is 0. The molecular formula is C10H11ClO. The van der Waals surface area contributed by atoms with E-state index in [0.717, 1.165) is 5.57 Å². The molecule has 0 bridgehead atoms. The number of hydrogen-bond acceptors (Lipinski definition) is 1. The second-order valence-electron chi connectivity index (χ2n) is 2.85. The zero-order valence-corrected chi connectivity index (χ0v) is 7.71. The van der Waals surface area contributed by atoms with E-state index in [1.165, 1.54) is 0 Å². The molecule has 0 radical (unpaired) electrons. The fourth-order valence-corrected chi connectivity index (χ4v) is 1.34. The highest BCUT2D eigenvalue weighted by atomic mass is 35.5. The van der Waals surface area contributed by atoms with Gasteiger partial charge in [-0.2, -0.15) is 0 Å². The summed E-state index contributed by atoms with van der Waals surface area (Å²) in [5.74, 6) is -0.172. The fourth-order valence-electron chi connectivity index (χ4n) is 1.14. The van der Waals surface area contributed by atoms with Gasteiger partial charge in [-0.15, -0.1) is 18.2 Å². The van der Waals surface area contributed by atoms with Crippen LogP contribution in [0.2, 0.25) is 0 Å². The van der Waals surface area contributed by atoms with Crippen LogP contribution < -0.4 is 0 Å². The third-order valence-corrected chi connectivity index (χ3v) is 2.30. The first-order valence-corrected chi connectivity index (χ1v) is 4.26. The van der Waals surface area contributed by atoms with Crippen LogP contribution in [0, 0.1) is 5.92 Å². The number of carbonyl (C=O) groups excluding carboxylic acids is 1. The van der Waals surface area contributed by atoms with Crippen LogP contribution in [0.25, 0.3) is 0 Å². The van der Waals surface area contributed by atoms with Crippen LogP contribution in [-0.4, -0.2) is 11.2 Å². The molecule has 1 nitrogen and oxygen atoms in total. The number of allylic oxidation sites excluding steroid dienone is 5. The quantitative estimate of drug-likeness (QED) is 0.474. The van der Waals surface area contributed by atoms with Gasteiger partial charge in [0.1, 0.15) is 0 Å². The van der Waals surface area contributed by atoms with E-state index in [2.05, 4.69) is 6.58 Å². The Bertz CT molecular complexity index is 263. The van der Waals surface area contributed by atoms with Crippen molar-refractivity contribution in [3.05, 3.63) is 36.5 Å². The van der Waals surface area contributed by atoms with Gasteiger partial charge in [-0.25, -0.2) is 0 Å². The van der Waals surface area contributed by atoms with Gasteiger partial charge in [0, 0.05) is 0 Å². The number of halogens is 1. The Hall–Kier alpha value is -0.820. The SMILES string of the molecule is C=CC(Cl)C1C=C(C)C=CC1=O.